The molecule has 1 atom stereocenters. The van der Waals surface area contributed by atoms with Crippen LogP contribution in [0.4, 0.5) is 4.39 Å². The summed E-state index contributed by atoms with van der Waals surface area (Å²) in [6.07, 6.45) is 0. The first-order valence-electron chi connectivity index (χ1n) is 5.99. The lowest BCUT2D eigenvalue weighted by Gasteiger charge is -2.16. The summed E-state index contributed by atoms with van der Waals surface area (Å²) in [5, 5.41) is 0.416. The molecule has 2 rings (SSSR count). The molecule has 0 amide bonds. The molecule has 0 fully saturated rings. The van der Waals surface area contributed by atoms with E-state index in [1.165, 1.54) is 26.4 Å². The Balaban J connectivity index is 2.42. The molecule has 0 aliphatic heterocycles. The van der Waals surface area contributed by atoms with Gasteiger partial charge in [-0.2, -0.15) is 0 Å². The Morgan fingerprint density at radius 2 is 1.70 bits per heavy atom. The third kappa shape index (κ3) is 2.86. The summed E-state index contributed by atoms with van der Waals surface area (Å²) in [7, 11) is 3.05. The molecule has 2 N–H and O–H groups in total. The Labute approximate surface area is 122 Å². The summed E-state index contributed by atoms with van der Waals surface area (Å²) in [6, 6.07) is 9.09. The van der Waals surface area contributed by atoms with E-state index in [-0.39, 0.29) is 5.82 Å². The summed E-state index contributed by atoms with van der Waals surface area (Å²) in [4.78, 5) is 0. The standard InChI is InChI=1S/C15H15ClFNO2/c1-19-13-8-10(7-12(16)15(13)20-2)14(18)9-3-5-11(17)6-4-9/h3-8,14H,18H2,1-2H3. The Kier molecular flexibility index (Phi) is 4.47. The quantitative estimate of drug-likeness (QED) is 0.938. The second-order valence-corrected chi connectivity index (χ2v) is 4.67. The van der Waals surface area contributed by atoms with Gasteiger partial charge < -0.3 is 15.2 Å². The predicted molar refractivity (Wildman–Crippen MR) is 77.0 cm³/mol. The monoisotopic (exact) mass is 295 g/mol. The fourth-order valence-corrected chi connectivity index (χ4v) is 2.28. The molecule has 0 aromatic heterocycles. The molecule has 106 valence electrons. The third-order valence-electron chi connectivity index (χ3n) is 3.04. The van der Waals surface area contributed by atoms with E-state index < -0.39 is 6.04 Å². The topological polar surface area (TPSA) is 44.5 Å². The zero-order valence-corrected chi connectivity index (χ0v) is 11.9. The van der Waals surface area contributed by atoms with Gasteiger partial charge in [0.2, 0.25) is 0 Å². The lowest BCUT2D eigenvalue weighted by molar-refractivity contribution is 0.354. The minimum atomic E-state index is -0.423. The van der Waals surface area contributed by atoms with Crippen molar-refractivity contribution in [3.05, 3.63) is 58.4 Å². The first-order valence-corrected chi connectivity index (χ1v) is 6.37. The van der Waals surface area contributed by atoms with E-state index in [1.807, 2.05) is 0 Å². The summed E-state index contributed by atoms with van der Waals surface area (Å²) in [6.45, 7) is 0. The number of methoxy groups -OCH3 is 2. The van der Waals surface area contributed by atoms with E-state index in [4.69, 9.17) is 26.8 Å². The number of halogens is 2. The minimum Gasteiger partial charge on any atom is -0.493 e. The van der Waals surface area contributed by atoms with Crippen LogP contribution in [-0.2, 0) is 0 Å². The van der Waals surface area contributed by atoms with Crippen LogP contribution in [0, 0.1) is 5.82 Å². The van der Waals surface area contributed by atoms with E-state index in [1.54, 1.807) is 24.3 Å². The maximum absolute atomic E-state index is 12.9. The number of hydrogen-bond acceptors (Lipinski definition) is 3. The second-order valence-electron chi connectivity index (χ2n) is 4.27. The van der Waals surface area contributed by atoms with Crippen molar-refractivity contribution < 1.29 is 13.9 Å². The largest absolute Gasteiger partial charge is 0.493 e. The molecule has 5 heteroatoms. The zero-order chi connectivity index (χ0) is 14.7. The molecule has 0 saturated heterocycles. The maximum Gasteiger partial charge on any atom is 0.179 e. The number of hydrogen-bond donors (Lipinski definition) is 1. The van der Waals surface area contributed by atoms with Gasteiger partial charge in [-0.15, -0.1) is 0 Å². The molecule has 3 nitrogen and oxygen atoms in total. The van der Waals surface area contributed by atoms with Crippen molar-refractivity contribution in [2.24, 2.45) is 5.73 Å². The van der Waals surface area contributed by atoms with Gasteiger partial charge >= 0.3 is 0 Å². The average Bonchev–Trinajstić information content (AvgIpc) is 2.46. The fourth-order valence-electron chi connectivity index (χ4n) is 1.98. The summed E-state index contributed by atoms with van der Waals surface area (Å²) < 4.78 is 23.3. The average molecular weight is 296 g/mol. The molecule has 0 aliphatic rings. The van der Waals surface area contributed by atoms with Crippen LogP contribution in [0.2, 0.25) is 5.02 Å². The Hall–Kier alpha value is -1.78. The highest BCUT2D eigenvalue weighted by Gasteiger charge is 2.16. The van der Waals surface area contributed by atoms with Crippen molar-refractivity contribution in [1.29, 1.82) is 0 Å². The number of rotatable bonds is 4. The number of nitrogens with two attached hydrogens (primary N) is 1. The zero-order valence-electron chi connectivity index (χ0n) is 11.2. The van der Waals surface area contributed by atoms with Crippen molar-refractivity contribution in [3.63, 3.8) is 0 Å². The molecule has 1 unspecified atom stereocenters. The summed E-state index contributed by atoms with van der Waals surface area (Å²) in [5.41, 5.74) is 7.72. The van der Waals surface area contributed by atoms with Crippen molar-refractivity contribution in [3.8, 4) is 11.5 Å². The predicted octanol–water partition coefficient (Wildman–Crippen LogP) is 3.54. The molecule has 0 aliphatic carbocycles. The maximum atomic E-state index is 12.9. The Morgan fingerprint density at radius 3 is 2.25 bits per heavy atom. The highest BCUT2D eigenvalue weighted by molar-refractivity contribution is 6.32. The molecule has 2 aromatic rings. The number of ether oxygens (including phenoxy) is 2. The second kappa shape index (κ2) is 6.11. The van der Waals surface area contributed by atoms with Gasteiger partial charge in [0.05, 0.1) is 25.3 Å². The van der Waals surface area contributed by atoms with E-state index in [2.05, 4.69) is 0 Å². The van der Waals surface area contributed by atoms with Crippen LogP contribution in [-0.4, -0.2) is 14.2 Å². The minimum absolute atomic E-state index is 0.300. The molecule has 0 heterocycles. The third-order valence-corrected chi connectivity index (χ3v) is 3.32. The van der Waals surface area contributed by atoms with Gasteiger partial charge in [-0.05, 0) is 35.4 Å². The Bertz CT molecular complexity index is 602. The lowest BCUT2D eigenvalue weighted by Crippen LogP contribution is -2.12. The first-order chi connectivity index (χ1) is 9.56. The number of benzene rings is 2. The van der Waals surface area contributed by atoms with Gasteiger partial charge in [0.15, 0.2) is 11.5 Å². The molecule has 0 spiro atoms. The first kappa shape index (κ1) is 14.6. The van der Waals surface area contributed by atoms with Crippen molar-refractivity contribution in [2.45, 2.75) is 6.04 Å². The lowest BCUT2D eigenvalue weighted by atomic mass is 9.99. The van der Waals surface area contributed by atoms with Gasteiger partial charge in [-0.3, -0.25) is 0 Å². The van der Waals surface area contributed by atoms with Gasteiger partial charge in [0.1, 0.15) is 5.82 Å². The molecular weight excluding hydrogens is 281 g/mol. The molecule has 0 radical (unpaired) electrons. The Morgan fingerprint density at radius 1 is 1.05 bits per heavy atom. The highest BCUT2D eigenvalue weighted by atomic mass is 35.5. The van der Waals surface area contributed by atoms with Crippen LogP contribution in [0.3, 0.4) is 0 Å². The van der Waals surface area contributed by atoms with Crippen LogP contribution >= 0.6 is 11.6 Å². The van der Waals surface area contributed by atoms with Gasteiger partial charge in [0.25, 0.3) is 0 Å². The van der Waals surface area contributed by atoms with Crippen LogP contribution < -0.4 is 15.2 Å². The summed E-state index contributed by atoms with van der Waals surface area (Å²) in [5.74, 6) is 0.670. The SMILES string of the molecule is COc1cc(C(N)c2ccc(F)cc2)cc(Cl)c1OC. The van der Waals surface area contributed by atoms with Gasteiger partial charge in [-0.25, -0.2) is 4.39 Å². The molecule has 0 saturated carbocycles. The van der Waals surface area contributed by atoms with E-state index in [9.17, 15) is 4.39 Å². The molecule has 2 aromatic carbocycles. The van der Waals surface area contributed by atoms with Gasteiger partial charge in [-0.1, -0.05) is 23.7 Å². The molecule has 0 bridgehead atoms. The van der Waals surface area contributed by atoms with Crippen LogP contribution in [0.15, 0.2) is 36.4 Å². The summed E-state index contributed by atoms with van der Waals surface area (Å²) >= 11 is 6.15. The van der Waals surface area contributed by atoms with E-state index in [0.29, 0.717) is 16.5 Å². The van der Waals surface area contributed by atoms with E-state index >= 15 is 0 Å². The van der Waals surface area contributed by atoms with Crippen molar-refractivity contribution in [1.82, 2.24) is 0 Å². The molecular formula is C15H15ClFNO2. The highest BCUT2D eigenvalue weighted by Crippen LogP contribution is 2.38. The van der Waals surface area contributed by atoms with E-state index in [0.717, 1.165) is 11.1 Å². The van der Waals surface area contributed by atoms with Crippen molar-refractivity contribution in [2.75, 3.05) is 14.2 Å². The van der Waals surface area contributed by atoms with Crippen molar-refractivity contribution >= 4 is 11.6 Å². The fraction of sp³-hybridized carbons (Fsp3) is 0.200. The smallest absolute Gasteiger partial charge is 0.179 e. The molecule has 20 heavy (non-hydrogen) atoms. The van der Waals surface area contributed by atoms with Gasteiger partial charge in [0, 0.05) is 0 Å². The van der Waals surface area contributed by atoms with Crippen LogP contribution in [0.25, 0.3) is 0 Å². The van der Waals surface area contributed by atoms with Crippen LogP contribution in [0.5, 0.6) is 11.5 Å². The van der Waals surface area contributed by atoms with Crippen LogP contribution in [0.1, 0.15) is 17.2 Å². The normalized spacial score (nSPS) is 12.1.